The van der Waals surface area contributed by atoms with Crippen LogP contribution in [0, 0.1) is 32.0 Å². The fraction of sp³-hybridized carbons (Fsp3) is 0.280. The first-order valence-corrected chi connectivity index (χ1v) is 12.5. The number of hydrogen-bond acceptors (Lipinski definition) is 7. The Balaban J connectivity index is 1.60. The van der Waals surface area contributed by atoms with Crippen LogP contribution in [0.25, 0.3) is 0 Å². The van der Waals surface area contributed by atoms with Gasteiger partial charge in [-0.05, 0) is 41.7 Å². The molecular weight excluding hydrogens is 509 g/mol. The molecule has 5 rings (SSSR count). The van der Waals surface area contributed by atoms with E-state index < -0.39 is 15.2 Å². The van der Waals surface area contributed by atoms with Gasteiger partial charge in [-0.2, -0.15) is 0 Å². The summed E-state index contributed by atoms with van der Waals surface area (Å²) in [6.07, 6.45) is 0.592. The maximum Gasteiger partial charge on any atom is 0.282 e. The molecule has 0 spiro atoms. The summed E-state index contributed by atoms with van der Waals surface area (Å²) in [7, 11) is 1.44. The molecule has 8 nitrogen and oxygen atoms in total. The van der Waals surface area contributed by atoms with Crippen LogP contribution in [0.15, 0.2) is 65.6 Å². The van der Waals surface area contributed by atoms with Gasteiger partial charge in [-0.1, -0.05) is 24.3 Å². The fourth-order valence-corrected chi connectivity index (χ4v) is 7.25. The summed E-state index contributed by atoms with van der Waals surface area (Å²) in [4.78, 5) is 22.8. The molecule has 1 fully saturated rings. The maximum atomic E-state index is 13.7. The molecule has 0 bridgehead atoms. The average molecular weight is 530 g/mol. The van der Waals surface area contributed by atoms with Crippen molar-refractivity contribution in [2.75, 3.05) is 12.4 Å². The van der Waals surface area contributed by atoms with Gasteiger partial charge >= 0.3 is 0 Å². The molecule has 5 atom stereocenters. The summed E-state index contributed by atoms with van der Waals surface area (Å²) < 4.78 is 19.2. The minimum atomic E-state index is -0.477. The zero-order valence-electron chi connectivity index (χ0n) is 19.0. The lowest BCUT2D eigenvalue weighted by molar-refractivity contribution is -0.387. The van der Waals surface area contributed by atoms with Crippen LogP contribution in [0.5, 0.6) is 5.75 Å². The minimum Gasteiger partial charge on any atom is -0.494 e. The molecule has 3 aromatic carbocycles. The first-order valence-electron chi connectivity index (χ1n) is 11.2. The number of para-hydroxylation sites is 1. The first-order chi connectivity index (χ1) is 17.3. The van der Waals surface area contributed by atoms with E-state index in [1.807, 2.05) is 0 Å². The second-order valence-electron chi connectivity index (χ2n) is 8.79. The van der Waals surface area contributed by atoms with Gasteiger partial charge in [-0.15, -0.1) is 23.4 Å². The van der Waals surface area contributed by atoms with Crippen molar-refractivity contribution >= 4 is 40.4 Å². The molecule has 11 heteroatoms. The second kappa shape index (κ2) is 9.59. The van der Waals surface area contributed by atoms with Crippen molar-refractivity contribution in [2.45, 2.75) is 33.9 Å². The summed E-state index contributed by atoms with van der Waals surface area (Å²) in [5.41, 5.74) is 2.03. The number of ether oxygens (including phenoxy) is 1. The number of hydrogen-bond donors (Lipinski definition) is 1. The van der Waals surface area contributed by atoms with E-state index in [2.05, 4.69) is 5.32 Å². The summed E-state index contributed by atoms with van der Waals surface area (Å²) in [5.74, 6) is -0.431. The predicted molar refractivity (Wildman–Crippen MR) is 136 cm³/mol. The molecule has 1 heterocycles. The van der Waals surface area contributed by atoms with E-state index in [4.69, 9.17) is 16.3 Å². The number of halogens is 2. The van der Waals surface area contributed by atoms with Gasteiger partial charge in [0.05, 0.1) is 45.0 Å². The van der Waals surface area contributed by atoms with Gasteiger partial charge in [-0.25, -0.2) is 4.39 Å². The van der Waals surface area contributed by atoms with Gasteiger partial charge in [0.15, 0.2) is 0 Å². The van der Waals surface area contributed by atoms with Gasteiger partial charge < -0.3 is 10.1 Å². The molecule has 0 amide bonds. The first kappa shape index (κ1) is 24.3. The average Bonchev–Trinajstić information content (AvgIpc) is 3.19. The number of nitrogens with one attached hydrogen (secondary N) is 1. The highest BCUT2D eigenvalue weighted by Crippen LogP contribution is 2.60. The van der Waals surface area contributed by atoms with Crippen LogP contribution in [0.1, 0.15) is 29.5 Å². The number of methoxy groups -OCH3 is 1. The predicted octanol–water partition coefficient (Wildman–Crippen LogP) is 6.69. The van der Waals surface area contributed by atoms with E-state index in [0.717, 1.165) is 5.56 Å². The van der Waals surface area contributed by atoms with Gasteiger partial charge in [0.2, 0.25) is 0 Å². The zero-order valence-corrected chi connectivity index (χ0v) is 20.5. The summed E-state index contributed by atoms with van der Waals surface area (Å²) in [6.45, 7) is 0. The number of non-ortho nitro benzene ring substituents is 1. The van der Waals surface area contributed by atoms with Gasteiger partial charge in [0, 0.05) is 23.3 Å². The monoisotopic (exact) mass is 529 g/mol. The number of nitro groups is 2. The number of alkyl halides is 1. The van der Waals surface area contributed by atoms with Crippen LogP contribution in [0.4, 0.5) is 21.5 Å². The number of thioether (sulfide) groups is 1. The Kier molecular flexibility index (Phi) is 6.48. The maximum absolute atomic E-state index is 13.7. The Morgan fingerprint density at radius 2 is 1.81 bits per heavy atom. The van der Waals surface area contributed by atoms with Crippen LogP contribution >= 0.6 is 23.4 Å². The standard InChI is InChI=1S/C25H21ClFN3O5S/c1-35-19-11-15(29(31)32)10-16-22-17(24(28-25(16)19)13-6-8-14(27)9-7-13)12-21(23(22)26)36-20-5-3-2-4-18(20)30(33)34/h2-11,17,21-24,28H,12H2,1H3/t17-,21+,22+,23+,24-/m1/s1. The molecule has 186 valence electrons. The molecule has 0 aromatic heterocycles. The highest BCUT2D eigenvalue weighted by Gasteiger charge is 2.51. The van der Waals surface area contributed by atoms with E-state index in [-0.39, 0.29) is 40.3 Å². The molecule has 2 aliphatic rings. The largest absolute Gasteiger partial charge is 0.494 e. The Morgan fingerprint density at radius 1 is 1.08 bits per heavy atom. The third-order valence-electron chi connectivity index (χ3n) is 6.87. The molecule has 0 radical (unpaired) electrons. The molecule has 1 aliphatic carbocycles. The number of benzene rings is 3. The molecule has 1 saturated carbocycles. The lowest BCUT2D eigenvalue weighted by Crippen LogP contribution is -2.31. The van der Waals surface area contributed by atoms with Crippen LogP contribution in [-0.4, -0.2) is 27.6 Å². The Morgan fingerprint density at radius 3 is 2.47 bits per heavy atom. The van der Waals surface area contributed by atoms with Crippen LogP contribution in [-0.2, 0) is 0 Å². The highest BCUT2D eigenvalue weighted by atomic mass is 35.5. The van der Waals surface area contributed by atoms with E-state index in [0.29, 0.717) is 28.3 Å². The molecule has 0 saturated heterocycles. The number of anilines is 1. The van der Waals surface area contributed by atoms with Crippen molar-refractivity contribution in [1.82, 2.24) is 0 Å². The normalized spacial score (nSPS) is 24.4. The Hall–Kier alpha value is -3.37. The van der Waals surface area contributed by atoms with Gasteiger partial charge in [0.25, 0.3) is 11.4 Å². The minimum absolute atomic E-state index is 0.00663. The summed E-state index contributed by atoms with van der Waals surface area (Å²) in [5, 5.41) is 26.0. The second-order valence-corrected chi connectivity index (χ2v) is 10.6. The third kappa shape index (κ3) is 4.24. The lowest BCUT2D eigenvalue weighted by Gasteiger charge is -2.38. The summed E-state index contributed by atoms with van der Waals surface area (Å²) in [6, 6.07) is 15.3. The van der Waals surface area contributed by atoms with Crippen molar-refractivity contribution in [3.05, 3.63) is 97.8 Å². The number of fused-ring (bicyclic) bond motifs is 3. The van der Waals surface area contributed by atoms with Crippen molar-refractivity contribution in [2.24, 2.45) is 5.92 Å². The highest BCUT2D eigenvalue weighted by molar-refractivity contribution is 8.00. The van der Waals surface area contributed by atoms with E-state index in [1.54, 1.807) is 30.3 Å². The molecule has 36 heavy (non-hydrogen) atoms. The topological polar surface area (TPSA) is 108 Å². The van der Waals surface area contributed by atoms with Crippen molar-refractivity contribution < 1.29 is 19.0 Å². The number of nitro benzene ring substituents is 2. The van der Waals surface area contributed by atoms with Gasteiger partial charge in [-0.3, -0.25) is 20.2 Å². The van der Waals surface area contributed by atoms with E-state index in [9.17, 15) is 24.6 Å². The fourth-order valence-electron chi connectivity index (χ4n) is 5.31. The number of nitrogens with zero attached hydrogens (tertiary/aromatic N) is 2. The summed E-state index contributed by atoms with van der Waals surface area (Å²) >= 11 is 8.43. The molecule has 1 aliphatic heterocycles. The van der Waals surface area contributed by atoms with Crippen LogP contribution in [0.2, 0.25) is 0 Å². The van der Waals surface area contributed by atoms with Crippen molar-refractivity contribution in [3.8, 4) is 5.75 Å². The van der Waals surface area contributed by atoms with Crippen molar-refractivity contribution in [3.63, 3.8) is 0 Å². The SMILES string of the molecule is COc1cc([N+](=O)[O-])cc2c1N[C@H](c1ccc(F)cc1)[C@@H]1C[C@H](Sc3ccccc3[N+](=O)[O-])[C@H](Cl)[C@@H]21. The smallest absolute Gasteiger partial charge is 0.282 e. The Labute approximate surface area is 215 Å². The van der Waals surface area contributed by atoms with Crippen LogP contribution in [0.3, 0.4) is 0 Å². The third-order valence-corrected chi connectivity index (χ3v) is 8.98. The zero-order chi connectivity index (χ0) is 25.6. The quantitative estimate of drug-likeness (QED) is 0.215. The molecular formula is C25H21ClFN3O5S. The lowest BCUT2D eigenvalue weighted by atomic mass is 9.77. The van der Waals surface area contributed by atoms with E-state index in [1.165, 1.54) is 49.2 Å². The van der Waals surface area contributed by atoms with Crippen molar-refractivity contribution in [1.29, 1.82) is 0 Å². The Bertz CT molecular complexity index is 1340. The van der Waals surface area contributed by atoms with Crippen LogP contribution < -0.4 is 10.1 Å². The molecule has 3 aromatic rings. The number of rotatable bonds is 6. The molecule has 1 N–H and O–H groups in total. The van der Waals surface area contributed by atoms with Gasteiger partial charge in [0.1, 0.15) is 11.6 Å². The van der Waals surface area contributed by atoms with E-state index >= 15 is 0 Å². The molecule has 0 unspecified atom stereocenters.